The maximum atomic E-state index is 12.0. The Kier molecular flexibility index (Phi) is 4.83. The molecule has 2 aromatic rings. The molecule has 0 unspecified atom stereocenters. The van der Waals surface area contributed by atoms with Crippen LogP contribution in [0.25, 0.3) is 0 Å². The third-order valence-corrected chi connectivity index (χ3v) is 3.70. The van der Waals surface area contributed by atoms with E-state index in [1.807, 2.05) is 31.2 Å². The molecule has 2 heterocycles. The van der Waals surface area contributed by atoms with Gasteiger partial charge in [-0.05, 0) is 36.4 Å². The molecule has 0 spiro atoms. The molecule has 0 fully saturated rings. The first-order chi connectivity index (χ1) is 11.2. The molecule has 0 saturated heterocycles. The minimum atomic E-state index is -0.0241. The number of nitrogens with one attached hydrogen (secondary N) is 1. The topological polar surface area (TPSA) is 63.9 Å². The highest BCUT2D eigenvalue weighted by atomic mass is 16.7. The number of carbonyl (C=O) groups excluding carboxylic acids is 1. The van der Waals surface area contributed by atoms with Crippen LogP contribution >= 0.6 is 0 Å². The smallest absolute Gasteiger partial charge is 0.234 e. The van der Waals surface area contributed by atoms with E-state index in [0.717, 1.165) is 29.4 Å². The van der Waals surface area contributed by atoms with Gasteiger partial charge >= 0.3 is 0 Å². The van der Waals surface area contributed by atoms with Crippen LogP contribution in [0.3, 0.4) is 0 Å². The highest BCUT2D eigenvalue weighted by Gasteiger charge is 2.15. The van der Waals surface area contributed by atoms with Crippen molar-refractivity contribution in [1.82, 2.24) is 10.2 Å². The number of fused-ring (bicyclic) bond motifs is 1. The van der Waals surface area contributed by atoms with Crippen LogP contribution in [0.1, 0.15) is 18.2 Å². The Bertz CT molecular complexity index is 655. The maximum Gasteiger partial charge on any atom is 0.234 e. The molecule has 1 aliphatic rings. The molecule has 6 nitrogen and oxygen atoms in total. The Morgan fingerprint density at radius 1 is 1.26 bits per heavy atom. The zero-order chi connectivity index (χ0) is 16.1. The van der Waals surface area contributed by atoms with E-state index < -0.39 is 0 Å². The Morgan fingerprint density at radius 3 is 2.91 bits per heavy atom. The van der Waals surface area contributed by atoms with Crippen LogP contribution in [0, 0.1) is 0 Å². The van der Waals surface area contributed by atoms with Crippen molar-refractivity contribution in [2.75, 3.05) is 19.9 Å². The number of amides is 1. The summed E-state index contributed by atoms with van der Waals surface area (Å²) in [5, 5.41) is 2.86. The van der Waals surface area contributed by atoms with Crippen molar-refractivity contribution in [2.24, 2.45) is 0 Å². The van der Waals surface area contributed by atoms with E-state index in [1.54, 1.807) is 12.3 Å². The maximum absolute atomic E-state index is 12.0. The lowest BCUT2D eigenvalue weighted by Gasteiger charge is -2.20. The van der Waals surface area contributed by atoms with E-state index in [-0.39, 0.29) is 12.7 Å². The zero-order valence-electron chi connectivity index (χ0n) is 13.1. The van der Waals surface area contributed by atoms with Gasteiger partial charge < -0.3 is 19.2 Å². The standard InChI is InChI=1S/C17H20N2O4/c1-2-19(11-17(20)18-9-14-4-3-7-21-14)10-13-5-6-15-16(8-13)23-12-22-15/h3-8H,2,9-12H2,1H3,(H,18,20). The molecule has 23 heavy (non-hydrogen) atoms. The molecule has 0 aliphatic carbocycles. The molecule has 1 aliphatic heterocycles. The van der Waals surface area contributed by atoms with Gasteiger partial charge in [0, 0.05) is 6.54 Å². The normalized spacial score (nSPS) is 12.6. The molecule has 1 amide bonds. The van der Waals surface area contributed by atoms with E-state index in [0.29, 0.717) is 19.6 Å². The van der Waals surface area contributed by atoms with Gasteiger partial charge in [0.1, 0.15) is 5.76 Å². The van der Waals surface area contributed by atoms with Gasteiger partial charge in [0.15, 0.2) is 11.5 Å². The second-order valence-electron chi connectivity index (χ2n) is 5.35. The van der Waals surface area contributed by atoms with E-state index in [4.69, 9.17) is 13.9 Å². The Balaban J connectivity index is 1.52. The van der Waals surface area contributed by atoms with Gasteiger partial charge in [-0.25, -0.2) is 0 Å². The second-order valence-corrected chi connectivity index (χ2v) is 5.35. The minimum Gasteiger partial charge on any atom is -0.467 e. The molecule has 0 saturated carbocycles. The van der Waals surface area contributed by atoms with Gasteiger partial charge in [0.25, 0.3) is 0 Å². The lowest BCUT2D eigenvalue weighted by molar-refractivity contribution is -0.122. The minimum absolute atomic E-state index is 0.0241. The van der Waals surface area contributed by atoms with Crippen molar-refractivity contribution in [1.29, 1.82) is 0 Å². The molecular formula is C17H20N2O4. The summed E-state index contributed by atoms with van der Waals surface area (Å²) in [5.74, 6) is 2.26. The summed E-state index contributed by atoms with van der Waals surface area (Å²) in [6.45, 7) is 4.52. The van der Waals surface area contributed by atoms with Crippen LogP contribution < -0.4 is 14.8 Å². The number of furan rings is 1. The van der Waals surface area contributed by atoms with Gasteiger partial charge in [-0.2, -0.15) is 0 Å². The average molecular weight is 316 g/mol. The van der Waals surface area contributed by atoms with Gasteiger partial charge in [-0.15, -0.1) is 0 Å². The summed E-state index contributed by atoms with van der Waals surface area (Å²) in [7, 11) is 0. The molecule has 0 atom stereocenters. The number of nitrogens with zero attached hydrogens (tertiary/aromatic N) is 1. The number of benzene rings is 1. The van der Waals surface area contributed by atoms with E-state index in [2.05, 4.69) is 10.2 Å². The highest BCUT2D eigenvalue weighted by Crippen LogP contribution is 2.32. The first-order valence-electron chi connectivity index (χ1n) is 7.64. The molecule has 0 bridgehead atoms. The van der Waals surface area contributed by atoms with Crippen molar-refractivity contribution in [3.05, 3.63) is 47.9 Å². The quantitative estimate of drug-likeness (QED) is 0.848. The molecule has 6 heteroatoms. The van der Waals surface area contributed by atoms with Crippen LogP contribution in [0.2, 0.25) is 0 Å². The summed E-state index contributed by atoms with van der Waals surface area (Å²) in [5.41, 5.74) is 1.09. The first-order valence-corrected chi connectivity index (χ1v) is 7.64. The third kappa shape index (κ3) is 4.04. The predicted octanol–water partition coefficient (Wildman–Crippen LogP) is 2.15. The number of ether oxygens (including phenoxy) is 2. The second kappa shape index (κ2) is 7.19. The van der Waals surface area contributed by atoms with Crippen LogP contribution in [0.15, 0.2) is 41.0 Å². The predicted molar refractivity (Wildman–Crippen MR) is 84.1 cm³/mol. The fourth-order valence-electron chi connectivity index (χ4n) is 2.43. The Morgan fingerprint density at radius 2 is 2.13 bits per heavy atom. The molecule has 0 radical (unpaired) electrons. The summed E-state index contributed by atoms with van der Waals surface area (Å²) in [4.78, 5) is 14.1. The summed E-state index contributed by atoms with van der Waals surface area (Å²) >= 11 is 0. The number of likely N-dealkylation sites (N-methyl/N-ethyl adjacent to an activating group) is 1. The van der Waals surface area contributed by atoms with E-state index in [9.17, 15) is 4.79 Å². The van der Waals surface area contributed by atoms with Gasteiger partial charge in [0.05, 0.1) is 19.4 Å². The largest absolute Gasteiger partial charge is 0.467 e. The molecule has 1 aromatic heterocycles. The molecule has 1 N–H and O–H groups in total. The molecule has 3 rings (SSSR count). The van der Waals surface area contributed by atoms with Crippen molar-refractivity contribution in [3.63, 3.8) is 0 Å². The number of hydrogen-bond donors (Lipinski definition) is 1. The van der Waals surface area contributed by atoms with Crippen molar-refractivity contribution in [2.45, 2.75) is 20.0 Å². The molecular weight excluding hydrogens is 296 g/mol. The lowest BCUT2D eigenvalue weighted by atomic mass is 10.2. The lowest BCUT2D eigenvalue weighted by Crippen LogP contribution is -2.36. The fraction of sp³-hybridized carbons (Fsp3) is 0.353. The van der Waals surface area contributed by atoms with Crippen LogP contribution in [-0.4, -0.2) is 30.7 Å². The number of rotatable bonds is 7. The molecule has 1 aromatic carbocycles. The van der Waals surface area contributed by atoms with Crippen molar-refractivity contribution >= 4 is 5.91 Å². The van der Waals surface area contributed by atoms with E-state index in [1.165, 1.54) is 0 Å². The SMILES string of the molecule is CCN(CC(=O)NCc1ccco1)Cc1ccc2c(c1)OCO2. The first kappa shape index (κ1) is 15.4. The Hall–Kier alpha value is -2.47. The van der Waals surface area contributed by atoms with Gasteiger partial charge in [-0.1, -0.05) is 13.0 Å². The third-order valence-electron chi connectivity index (χ3n) is 3.70. The summed E-state index contributed by atoms with van der Waals surface area (Å²) in [6.07, 6.45) is 1.60. The van der Waals surface area contributed by atoms with E-state index >= 15 is 0 Å². The zero-order valence-corrected chi connectivity index (χ0v) is 13.1. The molecule has 122 valence electrons. The van der Waals surface area contributed by atoms with Crippen molar-refractivity contribution < 1.29 is 18.7 Å². The summed E-state index contributed by atoms with van der Waals surface area (Å²) < 4.78 is 15.9. The average Bonchev–Trinajstić information content (AvgIpc) is 3.23. The van der Waals surface area contributed by atoms with Gasteiger partial charge in [-0.3, -0.25) is 9.69 Å². The van der Waals surface area contributed by atoms with Crippen molar-refractivity contribution in [3.8, 4) is 11.5 Å². The highest BCUT2D eigenvalue weighted by molar-refractivity contribution is 5.77. The fourth-order valence-corrected chi connectivity index (χ4v) is 2.43. The van der Waals surface area contributed by atoms with Crippen LogP contribution in [-0.2, 0) is 17.9 Å². The number of hydrogen-bond acceptors (Lipinski definition) is 5. The Labute approximate surface area is 135 Å². The van der Waals surface area contributed by atoms with Crippen LogP contribution in [0.5, 0.6) is 11.5 Å². The number of carbonyl (C=O) groups is 1. The van der Waals surface area contributed by atoms with Gasteiger partial charge in [0.2, 0.25) is 12.7 Å². The monoisotopic (exact) mass is 316 g/mol. The summed E-state index contributed by atoms with van der Waals surface area (Å²) in [6, 6.07) is 9.51. The van der Waals surface area contributed by atoms with Crippen LogP contribution in [0.4, 0.5) is 0 Å².